The van der Waals surface area contributed by atoms with Gasteiger partial charge >= 0.3 is 0 Å². The molecule has 1 atom stereocenters. The highest BCUT2D eigenvalue weighted by atomic mass is 79.9. The summed E-state index contributed by atoms with van der Waals surface area (Å²) in [6.07, 6.45) is 3.29. The van der Waals surface area contributed by atoms with Crippen molar-refractivity contribution in [3.8, 4) is 6.07 Å². The van der Waals surface area contributed by atoms with Crippen molar-refractivity contribution in [1.29, 1.82) is 5.26 Å². The minimum absolute atomic E-state index is 0.0246. The van der Waals surface area contributed by atoms with E-state index in [0.29, 0.717) is 38.3 Å². The predicted molar refractivity (Wildman–Crippen MR) is 123 cm³/mol. The molecule has 1 unspecified atom stereocenters. The largest absolute Gasteiger partial charge is 0.310 e. The van der Waals surface area contributed by atoms with E-state index in [1.54, 1.807) is 17.2 Å². The lowest BCUT2D eigenvalue weighted by Crippen LogP contribution is -2.51. The Labute approximate surface area is 191 Å². The fraction of sp³-hybridized carbons (Fsp3) is 0.391. The van der Waals surface area contributed by atoms with Gasteiger partial charge in [-0.15, -0.1) is 0 Å². The number of amides is 2. The monoisotopic (exact) mass is 483 g/mol. The van der Waals surface area contributed by atoms with E-state index in [4.69, 9.17) is 5.26 Å². The van der Waals surface area contributed by atoms with Crippen LogP contribution >= 0.6 is 15.9 Å². The Hall–Kier alpha value is -2.76. The molecular formula is C23H26BrN5O2. The van der Waals surface area contributed by atoms with Crippen LogP contribution in [-0.4, -0.2) is 47.4 Å². The molecule has 1 aliphatic rings. The van der Waals surface area contributed by atoms with Gasteiger partial charge in [-0.3, -0.25) is 14.5 Å². The van der Waals surface area contributed by atoms with Crippen molar-refractivity contribution >= 4 is 39.2 Å². The van der Waals surface area contributed by atoms with Gasteiger partial charge in [0.1, 0.15) is 5.82 Å². The number of hydrogen-bond acceptors (Lipinski definition) is 5. The molecule has 3 rings (SSSR count). The van der Waals surface area contributed by atoms with Crippen molar-refractivity contribution in [1.82, 2.24) is 9.88 Å². The van der Waals surface area contributed by atoms with E-state index in [1.165, 1.54) is 0 Å². The van der Waals surface area contributed by atoms with Crippen LogP contribution in [0.3, 0.4) is 0 Å². The molecule has 0 spiro atoms. The topological polar surface area (TPSA) is 89.3 Å². The first-order chi connectivity index (χ1) is 15.0. The molecule has 1 N–H and O–H groups in total. The zero-order chi connectivity index (χ0) is 22.2. The van der Waals surface area contributed by atoms with E-state index in [1.807, 2.05) is 43.3 Å². The lowest BCUT2D eigenvalue weighted by molar-refractivity contribution is -0.125. The predicted octanol–water partition coefficient (Wildman–Crippen LogP) is 3.83. The molecule has 7 nitrogen and oxygen atoms in total. The number of rotatable bonds is 7. The zero-order valence-corrected chi connectivity index (χ0v) is 19.1. The Bertz CT molecular complexity index is 921. The second-order valence-corrected chi connectivity index (χ2v) is 8.49. The van der Waals surface area contributed by atoms with Crippen LogP contribution in [0.5, 0.6) is 0 Å². The number of para-hydroxylation sites is 1. The highest BCUT2D eigenvalue weighted by molar-refractivity contribution is 9.10. The van der Waals surface area contributed by atoms with E-state index >= 15 is 0 Å². The number of carbonyl (C=O) groups is 2. The van der Waals surface area contributed by atoms with Gasteiger partial charge in [0.15, 0.2) is 0 Å². The smallest absolute Gasteiger partial charge is 0.244 e. The molecular weight excluding hydrogens is 458 g/mol. The van der Waals surface area contributed by atoms with E-state index in [0.717, 1.165) is 10.2 Å². The van der Waals surface area contributed by atoms with Crippen molar-refractivity contribution in [2.24, 2.45) is 5.92 Å². The number of halogens is 1. The maximum Gasteiger partial charge on any atom is 0.244 e. The number of piperidine rings is 1. The van der Waals surface area contributed by atoms with Crippen LogP contribution in [0, 0.1) is 17.2 Å². The van der Waals surface area contributed by atoms with E-state index < -0.39 is 0 Å². The Morgan fingerprint density at radius 3 is 2.58 bits per heavy atom. The van der Waals surface area contributed by atoms with Gasteiger partial charge in [-0.2, -0.15) is 5.26 Å². The summed E-state index contributed by atoms with van der Waals surface area (Å²) in [4.78, 5) is 33.8. The average Bonchev–Trinajstić information content (AvgIpc) is 2.81. The Balaban J connectivity index is 1.57. The SMILES string of the molecule is CC(C(=O)N(CCC#N)c1ccccc1)N1CCC(C(=O)Nc2ccc(Br)cn2)CC1. The van der Waals surface area contributed by atoms with Crippen LogP contribution in [0.15, 0.2) is 53.1 Å². The normalized spacial score (nSPS) is 15.6. The minimum Gasteiger partial charge on any atom is -0.310 e. The number of hydrogen-bond donors (Lipinski definition) is 1. The van der Waals surface area contributed by atoms with E-state index in [2.05, 4.69) is 37.2 Å². The molecule has 1 saturated heterocycles. The first-order valence-corrected chi connectivity index (χ1v) is 11.2. The summed E-state index contributed by atoms with van der Waals surface area (Å²) in [5.74, 6) is 0.375. The van der Waals surface area contributed by atoms with Gasteiger partial charge in [0.05, 0.1) is 18.5 Å². The molecule has 0 saturated carbocycles. The number of pyridine rings is 1. The Morgan fingerprint density at radius 2 is 1.97 bits per heavy atom. The van der Waals surface area contributed by atoms with Crippen LogP contribution in [0.2, 0.25) is 0 Å². The third-order valence-corrected chi connectivity index (χ3v) is 6.03. The van der Waals surface area contributed by atoms with Crippen molar-refractivity contribution in [2.75, 3.05) is 29.9 Å². The van der Waals surface area contributed by atoms with Crippen molar-refractivity contribution < 1.29 is 9.59 Å². The third-order valence-electron chi connectivity index (χ3n) is 5.57. The van der Waals surface area contributed by atoms with Gasteiger partial charge in [-0.1, -0.05) is 18.2 Å². The van der Waals surface area contributed by atoms with Crippen LogP contribution in [0.1, 0.15) is 26.2 Å². The van der Waals surface area contributed by atoms with Crippen molar-refractivity contribution in [2.45, 2.75) is 32.2 Å². The van der Waals surface area contributed by atoms with Gasteiger partial charge in [0.2, 0.25) is 11.8 Å². The molecule has 0 bridgehead atoms. The summed E-state index contributed by atoms with van der Waals surface area (Å²) in [5.41, 5.74) is 0.797. The highest BCUT2D eigenvalue weighted by Crippen LogP contribution is 2.23. The zero-order valence-electron chi connectivity index (χ0n) is 17.5. The van der Waals surface area contributed by atoms with Crippen molar-refractivity contribution in [3.05, 3.63) is 53.1 Å². The summed E-state index contributed by atoms with van der Waals surface area (Å²) >= 11 is 3.33. The number of anilines is 2. The van der Waals surface area contributed by atoms with Gasteiger partial charge < -0.3 is 10.2 Å². The second-order valence-electron chi connectivity index (χ2n) is 7.57. The maximum atomic E-state index is 13.2. The summed E-state index contributed by atoms with van der Waals surface area (Å²) in [7, 11) is 0. The standard InChI is InChI=1S/C23H26BrN5O2/c1-17(23(31)29(13-5-12-25)20-6-3-2-4-7-20)28-14-10-18(11-15-28)22(30)27-21-9-8-19(24)16-26-21/h2-4,6-9,16-18H,5,10-11,13-15H2,1H3,(H,26,27,30). The molecule has 162 valence electrons. The number of nitrogens with zero attached hydrogens (tertiary/aromatic N) is 4. The molecule has 0 aliphatic carbocycles. The quantitative estimate of drug-likeness (QED) is 0.646. The number of benzene rings is 1. The fourth-order valence-electron chi connectivity index (χ4n) is 3.74. The van der Waals surface area contributed by atoms with Crippen LogP contribution in [0.4, 0.5) is 11.5 Å². The molecule has 0 radical (unpaired) electrons. The van der Waals surface area contributed by atoms with Crippen molar-refractivity contribution in [3.63, 3.8) is 0 Å². The maximum absolute atomic E-state index is 13.2. The molecule has 1 aliphatic heterocycles. The Kier molecular flexibility index (Phi) is 8.15. The van der Waals surface area contributed by atoms with Crippen LogP contribution in [0.25, 0.3) is 0 Å². The summed E-state index contributed by atoms with van der Waals surface area (Å²) in [6.45, 7) is 3.60. The number of likely N-dealkylation sites (tertiary alicyclic amines) is 1. The Morgan fingerprint density at radius 1 is 1.26 bits per heavy atom. The van der Waals surface area contributed by atoms with Gasteiger partial charge in [-0.25, -0.2) is 4.98 Å². The van der Waals surface area contributed by atoms with Gasteiger partial charge in [-0.05, 0) is 73.1 Å². The summed E-state index contributed by atoms with van der Waals surface area (Å²) in [5, 5.41) is 11.9. The summed E-state index contributed by atoms with van der Waals surface area (Å²) < 4.78 is 0.858. The lowest BCUT2D eigenvalue weighted by atomic mass is 9.94. The minimum atomic E-state index is -0.323. The first-order valence-electron chi connectivity index (χ1n) is 10.4. The number of aromatic nitrogens is 1. The number of nitriles is 1. The number of nitrogens with one attached hydrogen (secondary N) is 1. The molecule has 2 heterocycles. The highest BCUT2D eigenvalue weighted by Gasteiger charge is 2.32. The molecule has 1 aromatic carbocycles. The molecule has 31 heavy (non-hydrogen) atoms. The molecule has 1 fully saturated rings. The molecule has 2 aromatic rings. The lowest BCUT2D eigenvalue weighted by Gasteiger charge is -2.37. The van der Waals surface area contributed by atoms with E-state index in [9.17, 15) is 9.59 Å². The van der Waals surface area contributed by atoms with Gasteiger partial charge in [0, 0.05) is 28.8 Å². The summed E-state index contributed by atoms with van der Waals surface area (Å²) in [6, 6.07) is 14.8. The van der Waals surface area contributed by atoms with Gasteiger partial charge in [0.25, 0.3) is 0 Å². The average molecular weight is 484 g/mol. The fourth-order valence-corrected chi connectivity index (χ4v) is 3.98. The molecule has 1 aromatic heterocycles. The van der Waals surface area contributed by atoms with Crippen LogP contribution in [-0.2, 0) is 9.59 Å². The second kappa shape index (κ2) is 11.0. The third kappa shape index (κ3) is 6.12. The first kappa shape index (κ1) is 22.9. The molecule has 2 amide bonds. The molecule has 8 heteroatoms. The number of carbonyl (C=O) groups excluding carboxylic acids is 2. The van der Waals surface area contributed by atoms with Crippen LogP contribution < -0.4 is 10.2 Å². The van der Waals surface area contributed by atoms with E-state index in [-0.39, 0.29) is 30.2 Å².